The number of nitrogens with zero attached hydrogens (tertiary/aromatic N) is 3. The normalized spacial score (nSPS) is 16.4. The zero-order chi connectivity index (χ0) is 19.6. The summed E-state index contributed by atoms with van der Waals surface area (Å²) in [4.78, 5) is 12.4. The minimum atomic E-state index is -0.172. The van der Waals surface area contributed by atoms with Crippen molar-refractivity contribution in [1.82, 2.24) is 9.97 Å². The second-order valence-electron chi connectivity index (χ2n) is 7.22. The predicted molar refractivity (Wildman–Crippen MR) is 117 cm³/mol. The van der Waals surface area contributed by atoms with Crippen molar-refractivity contribution in [3.63, 3.8) is 0 Å². The maximum atomic E-state index is 13.8. The number of fused-ring (bicyclic) bond motifs is 2. The number of anilines is 1. The number of benzene rings is 3. The van der Waals surface area contributed by atoms with E-state index in [9.17, 15) is 4.39 Å². The van der Waals surface area contributed by atoms with Gasteiger partial charge in [0.15, 0.2) is 0 Å². The van der Waals surface area contributed by atoms with E-state index >= 15 is 0 Å². The molecule has 0 spiro atoms. The molecule has 1 atom stereocenters. The first-order valence-electron chi connectivity index (χ1n) is 9.72. The number of rotatable bonds is 3. The molecule has 0 saturated carbocycles. The van der Waals surface area contributed by atoms with Crippen molar-refractivity contribution in [2.75, 3.05) is 11.4 Å². The fourth-order valence-corrected chi connectivity index (χ4v) is 5.14. The van der Waals surface area contributed by atoms with E-state index in [1.807, 2.05) is 23.9 Å². The molecule has 29 heavy (non-hydrogen) atoms. The Morgan fingerprint density at radius 3 is 2.69 bits per heavy atom. The first-order chi connectivity index (χ1) is 14.3. The summed E-state index contributed by atoms with van der Waals surface area (Å²) in [7, 11) is 0. The molecule has 5 heteroatoms. The van der Waals surface area contributed by atoms with E-state index in [0.717, 1.165) is 36.1 Å². The van der Waals surface area contributed by atoms with E-state index in [-0.39, 0.29) is 11.1 Å². The smallest absolute Gasteiger partial charge is 0.123 e. The minimum Gasteiger partial charge on any atom is -0.366 e. The second kappa shape index (κ2) is 7.84. The van der Waals surface area contributed by atoms with Gasteiger partial charge in [0.1, 0.15) is 5.82 Å². The highest BCUT2D eigenvalue weighted by Crippen LogP contribution is 2.45. The standard InChI is InChI=1S/C24H20FN3S/c25-19-5-3-4-18(15-19)23-10-13-28(22-6-1-2-7-24(22)29-23)16-17-8-9-20-21(14-17)27-12-11-26-20/h1-9,11-12,14-15,23H,10,13,16H2. The van der Waals surface area contributed by atoms with Crippen LogP contribution in [0.1, 0.15) is 22.8 Å². The fraction of sp³-hybridized carbons (Fsp3) is 0.167. The number of hydrogen-bond acceptors (Lipinski definition) is 4. The highest BCUT2D eigenvalue weighted by atomic mass is 32.2. The summed E-state index contributed by atoms with van der Waals surface area (Å²) < 4.78 is 13.8. The molecule has 1 aliphatic rings. The van der Waals surface area contributed by atoms with Crippen LogP contribution in [0.25, 0.3) is 11.0 Å². The number of halogens is 1. The lowest BCUT2D eigenvalue weighted by molar-refractivity contribution is 0.623. The van der Waals surface area contributed by atoms with Crippen LogP contribution in [0.4, 0.5) is 10.1 Å². The maximum absolute atomic E-state index is 13.8. The average Bonchev–Trinajstić information content (AvgIpc) is 2.94. The molecule has 1 aliphatic heterocycles. The third-order valence-corrected chi connectivity index (χ3v) is 6.66. The Labute approximate surface area is 173 Å². The Morgan fingerprint density at radius 1 is 0.931 bits per heavy atom. The Balaban J connectivity index is 1.46. The van der Waals surface area contributed by atoms with Crippen LogP contribution in [0.3, 0.4) is 0 Å². The lowest BCUT2D eigenvalue weighted by atomic mass is 10.1. The summed E-state index contributed by atoms with van der Waals surface area (Å²) in [6.45, 7) is 1.71. The van der Waals surface area contributed by atoms with Crippen LogP contribution < -0.4 is 4.90 Å². The van der Waals surface area contributed by atoms with Crippen LogP contribution in [0, 0.1) is 5.82 Å². The number of hydrogen-bond donors (Lipinski definition) is 0. The highest BCUT2D eigenvalue weighted by molar-refractivity contribution is 7.99. The molecule has 0 N–H and O–H groups in total. The van der Waals surface area contributed by atoms with Gasteiger partial charge in [-0.3, -0.25) is 9.97 Å². The molecule has 0 bridgehead atoms. The van der Waals surface area contributed by atoms with E-state index in [1.165, 1.54) is 22.2 Å². The molecule has 0 amide bonds. The first kappa shape index (κ1) is 18.1. The molecular formula is C24H20FN3S. The molecule has 4 aromatic rings. The van der Waals surface area contributed by atoms with Crippen molar-refractivity contribution < 1.29 is 4.39 Å². The average molecular weight is 402 g/mol. The van der Waals surface area contributed by atoms with E-state index in [1.54, 1.807) is 24.5 Å². The predicted octanol–water partition coefficient (Wildman–Crippen LogP) is 6.01. The minimum absolute atomic E-state index is 0.172. The second-order valence-corrected chi connectivity index (χ2v) is 8.46. The van der Waals surface area contributed by atoms with Crippen molar-refractivity contribution >= 4 is 28.5 Å². The van der Waals surface area contributed by atoms with Crippen LogP contribution in [-0.2, 0) is 6.54 Å². The van der Waals surface area contributed by atoms with E-state index in [0.29, 0.717) is 0 Å². The van der Waals surface area contributed by atoms with Crippen molar-refractivity contribution in [3.8, 4) is 0 Å². The number of para-hydroxylation sites is 1. The molecule has 0 radical (unpaired) electrons. The molecule has 1 aromatic heterocycles. The van der Waals surface area contributed by atoms with Gasteiger partial charge in [-0.1, -0.05) is 30.3 Å². The molecule has 3 aromatic carbocycles. The summed E-state index contributed by atoms with van der Waals surface area (Å²) in [6.07, 6.45) is 4.40. The van der Waals surface area contributed by atoms with Crippen LogP contribution >= 0.6 is 11.8 Å². The van der Waals surface area contributed by atoms with Crippen molar-refractivity contribution in [3.05, 3.63) is 96.1 Å². The van der Waals surface area contributed by atoms with Gasteiger partial charge in [-0.05, 0) is 53.9 Å². The largest absolute Gasteiger partial charge is 0.366 e. The molecule has 0 fully saturated rings. The highest BCUT2D eigenvalue weighted by Gasteiger charge is 2.23. The van der Waals surface area contributed by atoms with Gasteiger partial charge in [-0.15, -0.1) is 11.8 Å². The molecule has 3 nitrogen and oxygen atoms in total. The molecule has 5 rings (SSSR count). The van der Waals surface area contributed by atoms with Gasteiger partial charge in [0, 0.05) is 35.6 Å². The molecule has 1 unspecified atom stereocenters. The summed E-state index contributed by atoms with van der Waals surface area (Å²) in [5, 5.41) is 0.235. The Hall–Kier alpha value is -2.92. The zero-order valence-electron chi connectivity index (χ0n) is 15.8. The van der Waals surface area contributed by atoms with Crippen LogP contribution in [0.15, 0.2) is 84.0 Å². The van der Waals surface area contributed by atoms with Crippen molar-refractivity contribution in [2.24, 2.45) is 0 Å². The van der Waals surface area contributed by atoms with E-state index in [4.69, 9.17) is 0 Å². The fourth-order valence-electron chi connectivity index (χ4n) is 3.86. The van der Waals surface area contributed by atoms with Gasteiger partial charge in [0.2, 0.25) is 0 Å². The molecule has 2 heterocycles. The quantitative estimate of drug-likeness (QED) is 0.420. The van der Waals surface area contributed by atoms with Crippen LogP contribution in [0.2, 0.25) is 0 Å². The Bertz CT molecular complexity index is 1160. The summed E-state index contributed by atoms with van der Waals surface area (Å²) >= 11 is 1.83. The summed E-state index contributed by atoms with van der Waals surface area (Å²) in [5.41, 5.74) is 5.32. The molecule has 0 saturated heterocycles. The van der Waals surface area contributed by atoms with Gasteiger partial charge in [-0.2, -0.15) is 0 Å². The van der Waals surface area contributed by atoms with Crippen LogP contribution in [-0.4, -0.2) is 16.5 Å². The SMILES string of the molecule is Fc1cccc(C2CCN(Cc3ccc4nccnc4c3)c3ccccc3S2)c1. The van der Waals surface area contributed by atoms with Crippen LogP contribution in [0.5, 0.6) is 0 Å². The monoisotopic (exact) mass is 401 g/mol. The molecule has 144 valence electrons. The summed E-state index contributed by atoms with van der Waals surface area (Å²) in [6, 6.07) is 21.8. The third-order valence-electron chi connectivity index (χ3n) is 5.26. The van der Waals surface area contributed by atoms with Crippen molar-refractivity contribution in [2.45, 2.75) is 23.1 Å². The van der Waals surface area contributed by atoms with Crippen molar-refractivity contribution in [1.29, 1.82) is 0 Å². The number of thioether (sulfide) groups is 1. The Kier molecular flexibility index (Phi) is 4.90. The third kappa shape index (κ3) is 3.83. The van der Waals surface area contributed by atoms with Gasteiger partial charge in [0.05, 0.1) is 16.7 Å². The zero-order valence-corrected chi connectivity index (χ0v) is 16.6. The van der Waals surface area contributed by atoms with E-state index in [2.05, 4.69) is 51.3 Å². The first-order valence-corrected chi connectivity index (χ1v) is 10.6. The maximum Gasteiger partial charge on any atom is 0.123 e. The number of aromatic nitrogens is 2. The van der Waals surface area contributed by atoms with E-state index < -0.39 is 0 Å². The molecular weight excluding hydrogens is 381 g/mol. The summed E-state index contributed by atoms with van der Waals surface area (Å²) in [5.74, 6) is -0.172. The Morgan fingerprint density at radius 2 is 1.79 bits per heavy atom. The van der Waals surface area contributed by atoms with Gasteiger partial charge in [-0.25, -0.2) is 4.39 Å². The van der Waals surface area contributed by atoms with Gasteiger partial charge < -0.3 is 4.90 Å². The molecule has 0 aliphatic carbocycles. The van der Waals surface area contributed by atoms with Gasteiger partial charge in [0.25, 0.3) is 0 Å². The lowest BCUT2D eigenvalue weighted by Crippen LogP contribution is -2.24. The van der Waals surface area contributed by atoms with Gasteiger partial charge >= 0.3 is 0 Å². The topological polar surface area (TPSA) is 29.0 Å². The lowest BCUT2D eigenvalue weighted by Gasteiger charge is -2.24.